The van der Waals surface area contributed by atoms with Crippen molar-refractivity contribution in [1.82, 2.24) is 9.71 Å². The van der Waals surface area contributed by atoms with Crippen LogP contribution in [-0.4, -0.2) is 13.9 Å². The number of nitrogens with one attached hydrogen (secondary N) is 1. The van der Waals surface area contributed by atoms with E-state index in [1.807, 2.05) is 26.2 Å². The Morgan fingerprint density at radius 1 is 1.47 bits per heavy atom. The third kappa shape index (κ3) is 4.43. The molecule has 0 fully saturated rings. The molecular formula is C11H19BrN2OS2. The van der Waals surface area contributed by atoms with Gasteiger partial charge in [-0.05, 0) is 42.6 Å². The second-order valence-electron chi connectivity index (χ2n) is 5.23. The summed E-state index contributed by atoms with van der Waals surface area (Å²) in [6.07, 6.45) is 0. The number of nitrogens with zero attached hydrogens (tertiary/aromatic N) is 1. The maximum atomic E-state index is 12.1. The van der Waals surface area contributed by atoms with Gasteiger partial charge in [0.15, 0.2) is 0 Å². The van der Waals surface area contributed by atoms with Crippen molar-refractivity contribution in [2.45, 2.75) is 45.4 Å². The number of hydrogen-bond donors (Lipinski definition) is 1. The zero-order valence-electron chi connectivity index (χ0n) is 10.8. The first-order chi connectivity index (χ1) is 7.71. The predicted octanol–water partition coefficient (Wildman–Crippen LogP) is 3.65. The average Bonchev–Trinajstić information content (AvgIpc) is 2.58. The molecular weight excluding hydrogens is 320 g/mol. The van der Waals surface area contributed by atoms with E-state index in [2.05, 4.69) is 39.5 Å². The van der Waals surface area contributed by atoms with Crippen LogP contribution in [0.5, 0.6) is 0 Å². The van der Waals surface area contributed by atoms with Gasteiger partial charge < -0.3 is 0 Å². The Labute approximate surface area is 118 Å². The lowest BCUT2D eigenvalue weighted by molar-refractivity contribution is 0.471. The summed E-state index contributed by atoms with van der Waals surface area (Å²) in [7, 11) is -1.08. The van der Waals surface area contributed by atoms with Crippen LogP contribution in [0.1, 0.15) is 45.7 Å². The molecule has 0 saturated carbocycles. The molecule has 0 radical (unpaired) electrons. The van der Waals surface area contributed by atoms with E-state index in [-0.39, 0.29) is 10.8 Å². The zero-order chi connectivity index (χ0) is 13.2. The third-order valence-electron chi connectivity index (χ3n) is 2.22. The molecule has 1 N–H and O–H groups in total. The van der Waals surface area contributed by atoms with Crippen LogP contribution in [0.2, 0.25) is 0 Å². The van der Waals surface area contributed by atoms with Gasteiger partial charge in [-0.2, -0.15) is 0 Å². The van der Waals surface area contributed by atoms with Crippen LogP contribution < -0.4 is 4.72 Å². The third-order valence-corrected chi connectivity index (χ3v) is 5.43. The summed E-state index contributed by atoms with van der Waals surface area (Å²) >= 11 is 4.93. The topological polar surface area (TPSA) is 42.0 Å². The van der Waals surface area contributed by atoms with Gasteiger partial charge in [0.1, 0.15) is 9.61 Å². The van der Waals surface area contributed by atoms with Gasteiger partial charge in [-0.3, -0.25) is 0 Å². The Hall–Kier alpha value is 0.220. The normalized spacial score (nSPS) is 16.2. The first-order valence-electron chi connectivity index (χ1n) is 5.50. The summed E-state index contributed by atoms with van der Waals surface area (Å²) in [6, 6.07) is 0.0337. The fourth-order valence-electron chi connectivity index (χ4n) is 1.17. The van der Waals surface area contributed by atoms with Crippen molar-refractivity contribution in [3.05, 3.63) is 15.0 Å². The van der Waals surface area contributed by atoms with Crippen molar-refractivity contribution in [1.29, 1.82) is 0 Å². The molecule has 0 amide bonds. The minimum Gasteiger partial charge on any atom is -0.242 e. The Bertz CT molecular complexity index is 398. The van der Waals surface area contributed by atoms with E-state index in [1.165, 1.54) is 0 Å². The molecule has 0 unspecified atom stereocenters. The van der Waals surface area contributed by atoms with Crippen LogP contribution in [0.3, 0.4) is 0 Å². The molecule has 1 aromatic rings. The Morgan fingerprint density at radius 2 is 2.06 bits per heavy atom. The maximum Gasteiger partial charge on any atom is 0.117 e. The summed E-state index contributed by atoms with van der Waals surface area (Å²) in [4.78, 5) is 4.41. The van der Waals surface area contributed by atoms with Crippen LogP contribution in [0, 0.1) is 5.92 Å². The lowest BCUT2D eigenvalue weighted by Gasteiger charge is -2.25. The standard InChI is InChI=1S/C11H19BrN2OS2/c1-7(2)9(10-13-8(12)6-16-10)14-17(15)11(3,4)5/h6-7,9,14H,1-5H3/t9-,17-/m0/s1. The molecule has 98 valence electrons. The number of thiazole rings is 1. The van der Waals surface area contributed by atoms with Crippen molar-refractivity contribution in [2.75, 3.05) is 0 Å². The highest BCUT2D eigenvalue weighted by Crippen LogP contribution is 2.28. The Kier molecular flexibility index (Phi) is 5.31. The van der Waals surface area contributed by atoms with Crippen LogP contribution in [0.15, 0.2) is 9.98 Å². The van der Waals surface area contributed by atoms with Gasteiger partial charge >= 0.3 is 0 Å². The van der Waals surface area contributed by atoms with Gasteiger partial charge in [-0.15, -0.1) is 11.3 Å². The first-order valence-corrected chi connectivity index (χ1v) is 8.33. The SMILES string of the molecule is CC(C)[C@H](N[S@@](=O)C(C)(C)C)c1nc(Br)cs1. The van der Waals surface area contributed by atoms with Gasteiger partial charge in [-0.25, -0.2) is 13.9 Å². The molecule has 0 saturated heterocycles. The number of hydrogen-bond acceptors (Lipinski definition) is 3. The monoisotopic (exact) mass is 338 g/mol. The van der Waals surface area contributed by atoms with Gasteiger partial charge in [0, 0.05) is 5.38 Å². The molecule has 0 aliphatic rings. The number of aromatic nitrogens is 1. The summed E-state index contributed by atoms with van der Waals surface area (Å²) in [6.45, 7) is 10.1. The number of halogens is 1. The molecule has 1 aromatic heterocycles. The molecule has 17 heavy (non-hydrogen) atoms. The summed E-state index contributed by atoms with van der Waals surface area (Å²) in [5, 5.41) is 2.93. The lowest BCUT2D eigenvalue weighted by atomic mass is 10.1. The van der Waals surface area contributed by atoms with E-state index < -0.39 is 11.0 Å². The first kappa shape index (κ1) is 15.3. The zero-order valence-corrected chi connectivity index (χ0v) is 14.0. The molecule has 6 heteroatoms. The molecule has 0 bridgehead atoms. The van der Waals surface area contributed by atoms with Crippen molar-refractivity contribution in [2.24, 2.45) is 5.92 Å². The minimum absolute atomic E-state index is 0.0337. The quantitative estimate of drug-likeness (QED) is 0.910. The van der Waals surface area contributed by atoms with Gasteiger partial charge in [0.05, 0.1) is 21.8 Å². The second-order valence-corrected chi connectivity index (χ2v) is 8.93. The largest absolute Gasteiger partial charge is 0.242 e. The molecule has 2 atom stereocenters. The highest BCUT2D eigenvalue weighted by atomic mass is 79.9. The van der Waals surface area contributed by atoms with E-state index in [9.17, 15) is 4.21 Å². The van der Waals surface area contributed by atoms with E-state index in [0.29, 0.717) is 5.92 Å². The fraction of sp³-hybridized carbons (Fsp3) is 0.727. The summed E-state index contributed by atoms with van der Waals surface area (Å²) in [5.41, 5.74) is 0. The average molecular weight is 339 g/mol. The van der Waals surface area contributed by atoms with Gasteiger partial charge in [-0.1, -0.05) is 13.8 Å². The molecule has 3 nitrogen and oxygen atoms in total. The van der Waals surface area contributed by atoms with Crippen molar-refractivity contribution < 1.29 is 4.21 Å². The van der Waals surface area contributed by atoms with E-state index in [0.717, 1.165) is 9.61 Å². The van der Waals surface area contributed by atoms with Crippen molar-refractivity contribution in [3.63, 3.8) is 0 Å². The molecule has 1 heterocycles. The molecule has 1 rings (SSSR count). The van der Waals surface area contributed by atoms with E-state index in [4.69, 9.17) is 0 Å². The summed E-state index contributed by atoms with van der Waals surface area (Å²) in [5.74, 6) is 0.347. The van der Waals surface area contributed by atoms with Crippen LogP contribution in [0.4, 0.5) is 0 Å². The van der Waals surface area contributed by atoms with Crippen molar-refractivity contribution >= 4 is 38.3 Å². The second kappa shape index (κ2) is 5.91. The van der Waals surface area contributed by atoms with E-state index in [1.54, 1.807) is 11.3 Å². The lowest BCUT2D eigenvalue weighted by Crippen LogP contribution is -2.37. The molecule has 0 aliphatic heterocycles. The Morgan fingerprint density at radius 3 is 2.41 bits per heavy atom. The smallest absolute Gasteiger partial charge is 0.117 e. The number of rotatable bonds is 4. The van der Waals surface area contributed by atoms with Crippen LogP contribution in [0.25, 0.3) is 0 Å². The minimum atomic E-state index is -1.08. The predicted molar refractivity (Wildman–Crippen MR) is 78.4 cm³/mol. The fourth-order valence-corrected chi connectivity index (χ4v) is 3.70. The maximum absolute atomic E-state index is 12.1. The highest BCUT2D eigenvalue weighted by molar-refractivity contribution is 9.10. The van der Waals surface area contributed by atoms with Gasteiger partial charge in [0.2, 0.25) is 0 Å². The van der Waals surface area contributed by atoms with Gasteiger partial charge in [0.25, 0.3) is 0 Å². The van der Waals surface area contributed by atoms with Crippen LogP contribution >= 0.6 is 27.3 Å². The van der Waals surface area contributed by atoms with E-state index >= 15 is 0 Å². The van der Waals surface area contributed by atoms with Crippen molar-refractivity contribution in [3.8, 4) is 0 Å². The summed E-state index contributed by atoms with van der Waals surface area (Å²) < 4.78 is 15.9. The highest BCUT2D eigenvalue weighted by Gasteiger charge is 2.26. The van der Waals surface area contributed by atoms with Crippen LogP contribution in [-0.2, 0) is 11.0 Å². The molecule has 0 aliphatic carbocycles. The molecule has 0 aromatic carbocycles. The Balaban J connectivity index is 2.85. The molecule has 0 spiro atoms.